The van der Waals surface area contributed by atoms with Crippen molar-refractivity contribution >= 4 is 64.0 Å². The summed E-state index contributed by atoms with van der Waals surface area (Å²) in [4.78, 5) is 129. The molecule has 0 saturated carbocycles. The minimum absolute atomic E-state index is 0.0801. The summed E-state index contributed by atoms with van der Waals surface area (Å²) in [6.07, 6.45) is -4.51. The summed E-state index contributed by atoms with van der Waals surface area (Å²) in [5, 5.41) is 46.1. The van der Waals surface area contributed by atoms with Gasteiger partial charge < -0.3 is 73.3 Å². The number of carbonyl (C=O) groups is 8. The van der Waals surface area contributed by atoms with E-state index in [0.29, 0.717) is 35.9 Å². The van der Waals surface area contributed by atoms with Crippen LogP contribution in [0.2, 0.25) is 0 Å². The number of H-pyrrole nitrogens is 1. The Morgan fingerprint density at radius 2 is 1.56 bits per heavy atom. The van der Waals surface area contributed by atoms with Gasteiger partial charge in [0.15, 0.2) is 6.10 Å². The number of carbonyl (C=O) groups excluding carboxylic acids is 8. The molecule has 0 bridgehead atoms. The molecular weight excluding hydrogens is 1010 g/mol. The summed E-state index contributed by atoms with van der Waals surface area (Å²) in [5.41, 5.74) is 11.2. The first-order chi connectivity index (χ1) is 36.4. The second-order valence-electron chi connectivity index (χ2n) is 20.1. The molecule has 2 aliphatic heterocycles. The van der Waals surface area contributed by atoms with Crippen molar-refractivity contribution in [1.82, 2.24) is 46.0 Å². The van der Waals surface area contributed by atoms with Crippen LogP contribution in [0.3, 0.4) is 0 Å². The van der Waals surface area contributed by atoms with Crippen molar-refractivity contribution < 1.29 is 67.2 Å². The van der Waals surface area contributed by atoms with Crippen LogP contribution in [-0.4, -0.2) is 162 Å². The topological polar surface area (TPSA) is 385 Å². The van der Waals surface area contributed by atoms with E-state index in [1.54, 1.807) is 58.2 Å². The zero-order chi connectivity index (χ0) is 56.9. The maximum Gasteiger partial charge on any atom is 0.351 e. The molecule has 2 aliphatic rings. The molecule has 14 N–H and O–H groups in total. The van der Waals surface area contributed by atoms with Crippen molar-refractivity contribution in [1.29, 1.82) is 0 Å². The number of nitrogens with two attached hydrogens (primary N) is 2. The average Bonchev–Trinajstić information content (AvgIpc) is 4.09. The van der Waals surface area contributed by atoms with Crippen LogP contribution in [-0.2, 0) is 49.5 Å². The van der Waals surface area contributed by atoms with E-state index in [2.05, 4.69) is 41.9 Å². The first kappa shape index (κ1) is 60.9. The van der Waals surface area contributed by atoms with E-state index in [1.165, 1.54) is 11.8 Å². The molecule has 77 heavy (non-hydrogen) atoms. The Morgan fingerprint density at radius 3 is 2.18 bits per heavy atom. The number of nitrogens with one attached hydrogen (secondary N) is 7. The normalized spacial score (nSPS) is 20.4. The van der Waals surface area contributed by atoms with E-state index in [1.807, 2.05) is 0 Å². The van der Waals surface area contributed by atoms with Crippen molar-refractivity contribution in [2.24, 2.45) is 23.3 Å². The van der Waals surface area contributed by atoms with Crippen molar-refractivity contribution in [3.05, 3.63) is 58.8 Å². The van der Waals surface area contributed by atoms with Crippen molar-refractivity contribution in [3.63, 3.8) is 0 Å². The molecule has 0 aliphatic carbocycles. The van der Waals surface area contributed by atoms with Gasteiger partial charge in [0.25, 0.3) is 0 Å². The summed E-state index contributed by atoms with van der Waals surface area (Å²) in [6, 6.07) is 0.620. The molecule has 0 unspecified atom stereocenters. The summed E-state index contributed by atoms with van der Waals surface area (Å²) in [7, 11) is 0. The fraction of sp³-hybridized carbons (Fsp3) is 0.600. The van der Waals surface area contributed by atoms with Gasteiger partial charge in [-0.05, 0) is 81.5 Å². The number of unbranched alkanes of at least 4 members (excludes halogenated alkanes) is 1. The number of benzene rings is 1. The maximum absolute atomic E-state index is 14.7. The summed E-state index contributed by atoms with van der Waals surface area (Å²) >= 11 is 0. The number of hydrogen-bond acceptors (Lipinski definition) is 15. The molecule has 4 heterocycles. The highest BCUT2D eigenvalue weighted by Gasteiger charge is 2.59. The zero-order valence-corrected chi connectivity index (χ0v) is 43.6. The number of fused-ring (bicyclic) bond motifs is 1. The molecule has 2 aromatic heterocycles. The predicted octanol–water partition coefficient (Wildman–Crippen LogP) is -1.32. The van der Waals surface area contributed by atoms with Gasteiger partial charge >= 0.3 is 11.6 Å². The van der Waals surface area contributed by atoms with E-state index in [4.69, 9.17) is 16.2 Å². The molecule has 1 aromatic carbocycles. The van der Waals surface area contributed by atoms with Crippen molar-refractivity contribution in [2.75, 3.05) is 25.0 Å². The minimum Gasteiger partial charge on any atom is -0.394 e. The third kappa shape index (κ3) is 15.8. The highest BCUT2D eigenvalue weighted by Crippen LogP contribution is 2.42. The lowest BCUT2D eigenvalue weighted by Crippen LogP contribution is -2.61. The molecule has 424 valence electrons. The van der Waals surface area contributed by atoms with E-state index < -0.39 is 145 Å². The van der Waals surface area contributed by atoms with Gasteiger partial charge in [-0.1, -0.05) is 45.9 Å². The Balaban J connectivity index is 1.26. The van der Waals surface area contributed by atoms with Crippen molar-refractivity contribution in [3.8, 4) is 0 Å². The Hall–Kier alpha value is -6.94. The third-order valence-electron chi connectivity index (χ3n) is 13.3. The Bertz CT molecular complexity index is 2650. The van der Waals surface area contributed by atoms with Gasteiger partial charge in [-0.25, -0.2) is 4.79 Å². The molecule has 5 rings (SSSR count). The molecule has 2 saturated heterocycles. The number of alkyl halides is 2. The lowest BCUT2D eigenvalue weighted by Gasteiger charge is -2.32. The highest BCUT2D eigenvalue weighted by atomic mass is 19.3. The summed E-state index contributed by atoms with van der Waals surface area (Å²) in [6.45, 7) is 7.70. The number of ether oxygens (including phenoxy) is 1. The monoisotopic (exact) mass is 1090 g/mol. The van der Waals surface area contributed by atoms with Crippen LogP contribution < -0.4 is 49.1 Å². The second-order valence-corrected chi connectivity index (χ2v) is 20.1. The molecule has 3 aromatic rings. The van der Waals surface area contributed by atoms with Crippen molar-refractivity contribution in [2.45, 2.75) is 159 Å². The number of rotatable bonds is 27. The van der Waals surface area contributed by atoms with Crippen LogP contribution in [0.15, 0.2) is 47.5 Å². The zero-order valence-electron chi connectivity index (χ0n) is 43.6. The van der Waals surface area contributed by atoms with Crippen LogP contribution in [0.1, 0.15) is 97.8 Å². The van der Waals surface area contributed by atoms with E-state index >= 15 is 0 Å². The molecule has 2 fully saturated rings. The minimum atomic E-state index is -3.97. The predicted molar refractivity (Wildman–Crippen MR) is 273 cm³/mol. The number of aromatic amines is 1. The SMILES string of the molecule is CC(C)C[C@H](NC(=O)[C@@H](NC(=O)[C@@H]1CCCN1C(=O)[C@@H](NC(=O)[C@H](Cc1c[nH]c2ccccc12)NC(=O)CCC(=O)Nc1ccn([C@@H]2O[C@H](CO)[C@@H](O)C2(F)F)c(=O)n1)C(C)C)[C@@H](C)O)C(=O)N[C@@H](CCCCN)C(N)=O. The standard InChI is InChI=1S/C50H72F2N12O13/c1-25(2)21-32(43(71)57-31(42(54)70)13-8-9-18-53)58-46(74)40(27(5)66)62-45(73)34-14-10-19-63(34)47(75)39(26(3)4)61-44(72)33(22-28-23-55-30-12-7-6-11-29(28)30)56-37(67)15-16-38(68)59-36-17-20-64(49(76)60-36)48-50(51,52)41(69)35(24-65)77-48/h6-7,11-12,17,20,23,25-27,31-35,39-41,48,55,65-66,69H,8-10,13-16,18-19,21-22,24,53H2,1-5H3,(H2,54,70)(H,56,67)(H,57,71)(H,58,74)(H,61,72)(H,62,73)(H,59,60,68,76)/t27-,31+,32+,33+,34+,35-,39+,40+,41-,48-/m1/s1. The molecule has 8 amide bonds. The first-order valence-corrected chi connectivity index (χ1v) is 25.6. The molecule has 0 spiro atoms. The van der Waals surface area contributed by atoms with Gasteiger partial charge in [-0.3, -0.25) is 42.9 Å². The lowest BCUT2D eigenvalue weighted by atomic mass is 9.99. The van der Waals surface area contributed by atoms with Crippen LogP contribution in [0.5, 0.6) is 0 Å². The van der Waals surface area contributed by atoms with Crippen LogP contribution in [0.25, 0.3) is 10.9 Å². The van der Waals surface area contributed by atoms with Gasteiger partial charge in [-0.15, -0.1) is 0 Å². The molecule has 25 nitrogen and oxygen atoms in total. The number of aliphatic hydroxyl groups is 3. The molecule has 0 radical (unpaired) electrons. The van der Waals surface area contributed by atoms with Crippen LogP contribution >= 0.6 is 0 Å². The van der Waals surface area contributed by atoms with Gasteiger partial charge in [0.05, 0.1) is 12.7 Å². The number of amides is 8. The molecular formula is C50H72F2N12O13. The lowest BCUT2D eigenvalue weighted by molar-refractivity contribution is -0.144. The number of nitrogens with zero attached hydrogens (tertiary/aromatic N) is 3. The fourth-order valence-electron chi connectivity index (χ4n) is 9.13. The van der Waals surface area contributed by atoms with E-state index in [-0.39, 0.29) is 44.0 Å². The van der Waals surface area contributed by atoms with Crippen LogP contribution in [0.4, 0.5) is 14.6 Å². The Morgan fingerprint density at radius 1 is 0.883 bits per heavy atom. The number of halogens is 2. The summed E-state index contributed by atoms with van der Waals surface area (Å²) in [5.74, 6) is -11.2. The number of primary amides is 1. The van der Waals surface area contributed by atoms with Gasteiger partial charge in [-0.2, -0.15) is 13.8 Å². The number of aromatic nitrogens is 3. The number of likely N-dealkylation sites (tertiary alicyclic amines) is 1. The van der Waals surface area contributed by atoms with E-state index in [9.17, 15) is 67.3 Å². The van der Waals surface area contributed by atoms with Gasteiger partial charge in [0.2, 0.25) is 53.5 Å². The largest absolute Gasteiger partial charge is 0.394 e. The van der Waals surface area contributed by atoms with Crippen LogP contribution in [0, 0.1) is 11.8 Å². The van der Waals surface area contributed by atoms with E-state index in [0.717, 1.165) is 23.2 Å². The highest BCUT2D eigenvalue weighted by molar-refractivity contribution is 5.98. The molecule has 10 atom stereocenters. The number of hydrogen-bond donors (Lipinski definition) is 12. The Labute approximate surface area is 442 Å². The first-order valence-electron chi connectivity index (χ1n) is 25.6. The number of anilines is 1. The molecule has 27 heteroatoms. The second kappa shape index (κ2) is 27.4. The third-order valence-corrected chi connectivity index (χ3v) is 13.3. The fourth-order valence-corrected chi connectivity index (χ4v) is 9.13. The average molecular weight is 1090 g/mol. The summed E-state index contributed by atoms with van der Waals surface area (Å²) < 4.78 is 34.7. The number of aliphatic hydroxyl groups excluding tert-OH is 3. The maximum atomic E-state index is 14.7. The Kier molecular flexibility index (Phi) is 21.7. The van der Waals surface area contributed by atoms with Gasteiger partial charge in [0, 0.05) is 49.1 Å². The quantitative estimate of drug-likeness (QED) is 0.0394. The smallest absolute Gasteiger partial charge is 0.351 e. The van der Waals surface area contributed by atoms with Gasteiger partial charge in [0.1, 0.15) is 48.2 Å². The number of para-hydroxylation sites is 1.